The lowest BCUT2D eigenvalue weighted by atomic mass is 10.4. The van der Waals surface area contributed by atoms with Crippen LogP contribution in [0.15, 0.2) is 0 Å². The van der Waals surface area contributed by atoms with E-state index in [1.807, 2.05) is 27.7 Å². The van der Waals surface area contributed by atoms with E-state index in [9.17, 15) is 4.79 Å². The number of ether oxygens (including phenoxy) is 1. The molecule has 0 fully saturated rings. The summed E-state index contributed by atoms with van der Waals surface area (Å²) in [4.78, 5) is 11.9. The van der Waals surface area contributed by atoms with Gasteiger partial charge in [-0.15, -0.1) is 0 Å². The van der Waals surface area contributed by atoms with Crippen LogP contribution in [0.2, 0.25) is 24.2 Å². The van der Waals surface area contributed by atoms with E-state index in [0.717, 1.165) is 25.6 Å². The molecule has 0 rings (SSSR count). The topological polar surface area (TPSA) is 57.2 Å². The summed E-state index contributed by atoms with van der Waals surface area (Å²) in [6.07, 6.45) is 1.43. The Morgan fingerprint density at radius 3 is 1.64 bits per heavy atom. The number of carbonyl (C=O) groups is 1. The average molecular weight is 436 g/mol. The molecular weight excluding hydrogens is 390 g/mol. The van der Waals surface area contributed by atoms with Crippen LogP contribution in [-0.4, -0.2) is 67.1 Å². The zero-order valence-corrected chi connectivity index (χ0v) is 21.5. The summed E-state index contributed by atoms with van der Waals surface area (Å²) in [7, 11) is -4.18. The largest absolute Gasteiger partial charge is 0.500 e. The Kier molecular flexibility index (Phi) is 15.4. The van der Waals surface area contributed by atoms with Crippen LogP contribution in [0.3, 0.4) is 0 Å². The number of nitrogens with zero attached hydrogens (tertiary/aromatic N) is 1. The fraction of sp³-hybridized carbons (Fsp3) is 0.950. The molecule has 6 nitrogen and oxygen atoms in total. The molecule has 0 radical (unpaired) electrons. The van der Waals surface area contributed by atoms with Gasteiger partial charge in [0.15, 0.2) is 0 Å². The maximum atomic E-state index is 11.9. The first kappa shape index (κ1) is 27.7. The highest BCUT2D eigenvalue weighted by molar-refractivity contribution is 6.77. The average Bonchev–Trinajstić information content (AvgIpc) is 2.68. The van der Waals surface area contributed by atoms with Crippen molar-refractivity contribution in [1.29, 1.82) is 0 Å². The predicted octanol–water partition coefficient (Wildman–Crippen LogP) is 4.69. The number of carbonyl (C=O) groups excluding carboxylic acids is 1. The lowest BCUT2D eigenvalue weighted by Crippen LogP contribution is -2.54. The summed E-state index contributed by atoms with van der Waals surface area (Å²) in [5.74, 6) is -0.0969. The molecule has 0 aromatic carbocycles. The van der Waals surface area contributed by atoms with E-state index in [-0.39, 0.29) is 5.97 Å². The molecule has 0 bridgehead atoms. The van der Waals surface area contributed by atoms with Gasteiger partial charge in [-0.05, 0) is 58.8 Å². The van der Waals surface area contributed by atoms with Crippen molar-refractivity contribution in [2.24, 2.45) is 0 Å². The van der Waals surface area contributed by atoms with E-state index in [1.54, 1.807) is 0 Å². The van der Waals surface area contributed by atoms with Crippen LogP contribution in [0, 0.1) is 0 Å². The van der Waals surface area contributed by atoms with Gasteiger partial charge < -0.3 is 22.6 Å². The Morgan fingerprint density at radius 2 is 1.25 bits per heavy atom. The normalized spacial score (nSPS) is 12.6. The summed E-state index contributed by atoms with van der Waals surface area (Å²) < 4.78 is 25.8. The second-order valence-electron chi connectivity index (χ2n) is 6.91. The lowest BCUT2D eigenvalue weighted by molar-refractivity contribution is -0.143. The standard InChI is InChI=1S/C20H45NO5Si2/c1-8-23-20(22)16-18-21(27(12-5,13-6)14-7)17-15-19-28(24-9-2,25-10-3)26-11-4/h8-19H2,1-7H3. The molecule has 0 atom stereocenters. The van der Waals surface area contributed by atoms with Crippen molar-refractivity contribution >= 4 is 23.0 Å². The maximum Gasteiger partial charge on any atom is 0.500 e. The molecule has 0 saturated heterocycles. The molecule has 0 N–H and O–H groups in total. The van der Waals surface area contributed by atoms with Crippen molar-refractivity contribution in [3.05, 3.63) is 0 Å². The molecule has 28 heavy (non-hydrogen) atoms. The van der Waals surface area contributed by atoms with Gasteiger partial charge in [0.25, 0.3) is 0 Å². The predicted molar refractivity (Wildman–Crippen MR) is 120 cm³/mol. The van der Waals surface area contributed by atoms with E-state index in [1.165, 1.54) is 18.1 Å². The molecule has 0 heterocycles. The third-order valence-corrected chi connectivity index (χ3v) is 14.4. The number of esters is 1. The van der Waals surface area contributed by atoms with Gasteiger partial charge in [0.2, 0.25) is 0 Å². The fourth-order valence-electron chi connectivity index (χ4n) is 3.95. The monoisotopic (exact) mass is 435 g/mol. The minimum absolute atomic E-state index is 0.0969. The zero-order valence-electron chi connectivity index (χ0n) is 19.5. The van der Waals surface area contributed by atoms with Crippen molar-refractivity contribution in [2.75, 3.05) is 39.5 Å². The highest BCUT2D eigenvalue weighted by Crippen LogP contribution is 2.27. The van der Waals surface area contributed by atoms with Gasteiger partial charge in [-0.25, -0.2) is 0 Å². The van der Waals surface area contributed by atoms with Crippen LogP contribution in [0.25, 0.3) is 0 Å². The Balaban J connectivity index is 5.16. The molecular formula is C20H45NO5Si2. The summed E-state index contributed by atoms with van der Waals surface area (Å²) in [5, 5.41) is 0. The second kappa shape index (κ2) is 15.6. The molecule has 0 unspecified atom stereocenters. The molecule has 0 spiro atoms. The summed E-state index contributed by atoms with van der Waals surface area (Å²) >= 11 is 0. The Hall–Kier alpha value is -0.256. The molecule has 8 heteroatoms. The number of hydrogen-bond donors (Lipinski definition) is 0. The van der Waals surface area contributed by atoms with Gasteiger partial charge in [0.1, 0.15) is 8.24 Å². The molecule has 0 aliphatic rings. The van der Waals surface area contributed by atoms with Gasteiger partial charge in [-0.2, -0.15) is 0 Å². The van der Waals surface area contributed by atoms with Crippen molar-refractivity contribution in [1.82, 2.24) is 4.57 Å². The van der Waals surface area contributed by atoms with E-state index < -0.39 is 17.0 Å². The third kappa shape index (κ3) is 9.05. The van der Waals surface area contributed by atoms with Gasteiger partial charge in [-0.1, -0.05) is 20.8 Å². The van der Waals surface area contributed by atoms with Crippen LogP contribution in [0.1, 0.15) is 61.3 Å². The maximum absolute atomic E-state index is 11.9. The molecule has 0 saturated carbocycles. The first-order valence-corrected chi connectivity index (χ1v) is 15.7. The Morgan fingerprint density at radius 1 is 0.750 bits per heavy atom. The van der Waals surface area contributed by atoms with Crippen LogP contribution in [0.4, 0.5) is 0 Å². The molecule has 0 aliphatic heterocycles. The van der Waals surface area contributed by atoms with E-state index in [2.05, 4.69) is 25.3 Å². The van der Waals surface area contributed by atoms with Crippen LogP contribution >= 0.6 is 0 Å². The van der Waals surface area contributed by atoms with Crippen LogP contribution in [-0.2, 0) is 22.8 Å². The number of hydrogen-bond acceptors (Lipinski definition) is 6. The van der Waals surface area contributed by atoms with E-state index in [4.69, 9.17) is 18.0 Å². The highest BCUT2D eigenvalue weighted by atomic mass is 28.4. The lowest BCUT2D eigenvalue weighted by Gasteiger charge is -2.41. The van der Waals surface area contributed by atoms with Crippen molar-refractivity contribution in [2.45, 2.75) is 85.5 Å². The minimum atomic E-state index is -2.61. The SMILES string of the molecule is CCOC(=O)CCN(CCC[Si](OCC)(OCC)OCC)[Si](CC)(CC)CC. The first-order valence-electron chi connectivity index (χ1n) is 11.2. The molecule has 168 valence electrons. The van der Waals surface area contributed by atoms with Crippen LogP contribution in [0.5, 0.6) is 0 Å². The Labute approximate surface area is 175 Å². The van der Waals surface area contributed by atoms with E-state index in [0.29, 0.717) is 32.8 Å². The first-order chi connectivity index (χ1) is 13.4. The fourth-order valence-corrected chi connectivity index (χ4v) is 10.6. The Bertz CT molecular complexity index is 383. The molecule has 0 aliphatic carbocycles. The van der Waals surface area contributed by atoms with Gasteiger partial charge in [0, 0.05) is 32.4 Å². The second-order valence-corrected chi connectivity index (χ2v) is 14.8. The summed E-state index contributed by atoms with van der Waals surface area (Å²) in [6.45, 7) is 18.8. The third-order valence-electron chi connectivity index (χ3n) is 5.54. The molecule has 0 aromatic heterocycles. The molecule has 0 amide bonds. The van der Waals surface area contributed by atoms with Crippen molar-refractivity contribution < 1.29 is 22.8 Å². The summed E-state index contributed by atoms with van der Waals surface area (Å²) in [6, 6.07) is 4.43. The quantitative estimate of drug-likeness (QED) is 0.230. The van der Waals surface area contributed by atoms with Crippen LogP contribution < -0.4 is 0 Å². The van der Waals surface area contributed by atoms with Gasteiger partial charge >= 0.3 is 14.8 Å². The zero-order chi connectivity index (χ0) is 21.5. The highest BCUT2D eigenvalue weighted by Gasteiger charge is 2.41. The summed E-state index contributed by atoms with van der Waals surface area (Å²) in [5.41, 5.74) is 0. The van der Waals surface area contributed by atoms with Gasteiger partial charge in [0.05, 0.1) is 13.0 Å². The smallest absolute Gasteiger partial charge is 0.466 e. The van der Waals surface area contributed by atoms with Crippen molar-refractivity contribution in [3.8, 4) is 0 Å². The minimum Gasteiger partial charge on any atom is -0.466 e. The number of rotatable bonds is 18. The van der Waals surface area contributed by atoms with E-state index >= 15 is 0 Å². The van der Waals surface area contributed by atoms with Crippen molar-refractivity contribution in [3.63, 3.8) is 0 Å². The van der Waals surface area contributed by atoms with Gasteiger partial charge in [-0.3, -0.25) is 4.79 Å². The molecule has 0 aromatic rings.